The summed E-state index contributed by atoms with van der Waals surface area (Å²) in [5.41, 5.74) is 0.202. The highest BCUT2D eigenvalue weighted by atomic mass is 32.1. The van der Waals surface area contributed by atoms with Gasteiger partial charge in [0.15, 0.2) is 6.10 Å². The van der Waals surface area contributed by atoms with Gasteiger partial charge in [-0.1, -0.05) is 34.1 Å². The smallest absolute Gasteiger partial charge is 0.306 e. The molecule has 2 aliphatic rings. The third kappa shape index (κ3) is 9.96. The van der Waals surface area contributed by atoms with Crippen LogP contribution in [0.4, 0.5) is 0 Å². The molecule has 3 rings (SSSR count). The van der Waals surface area contributed by atoms with Crippen LogP contribution in [0.25, 0.3) is 0 Å². The fourth-order valence-electron chi connectivity index (χ4n) is 6.33. The second kappa shape index (κ2) is 16.5. The molecular formula is C32H51N5O7S. The molecule has 4 atom stereocenters. The van der Waals surface area contributed by atoms with Gasteiger partial charge in [0.2, 0.25) is 11.8 Å². The van der Waals surface area contributed by atoms with Crippen LogP contribution >= 0.6 is 11.3 Å². The van der Waals surface area contributed by atoms with E-state index in [9.17, 15) is 29.1 Å². The number of aromatic nitrogens is 1. The topological polar surface area (TPSA) is 158 Å². The summed E-state index contributed by atoms with van der Waals surface area (Å²) in [6.07, 6.45) is 4.46. The Kier molecular flexibility index (Phi) is 13.3. The number of piperidine rings is 1. The molecule has 1 saturated carbocycles. The van der Waals surface area contributed by atoms with Crippen LogP contribution in [0.3, 0.4) is 0 Å². The Labute approximate surface area is 270 Å². The Balaban J connectivity index is 1.72. The van der Waals surface area contributed by atoms with Gasteiger partial charge in [0.1, 0.15) is 16.7 Å². The quantitative estimate of drug-likeness (QED) is 0.272. The van der Waals surface area contributed by atoms with Gasteiger partial charge in [0.25, 0.3) is 5.91 Å². The predicted molar refractivity (Wildman–Crippen MR) is 171 cm³/mol. The van der Waals surface area contributed by atoms with Crippen molar-refractivity contribution < 1.29 is 33.8 Å². The van der Waals surface area contributed by atoms with Crippen LogP contribution in [0.1, 0.15) is 108 Å². The van der Waals surface area contributed by atoms with E-state index in [1.165, 1.54) is 18.3 Å². The fraction of sp³-hybridized carbons (Fsp3) is 0.750. The minimum atomic E-state index is -0.802. The summed E-state index contributed by atoms with van der Waals surface area (Å²) in [5.74, 6) is -2.56. The first-order chi connectivity index (χ1) is 21.2. The molecule has 2 fully saturated rings. The molecule has 45 heavy (non-hydrogen) atoms. The number of rotatable bonds is 13. The number of carbonyl (C=O) groups is 5. The van der Waals surface area contributed by atoms with E-state index in [1.54, 1.807) is 17.3 Å². The second-order valence-electron chi connectivity index (χ2n) is 13.2. The minimum Gasteiger partial charge on any atom is -0.481 e. The molecule has 0 aromatic carbocycles. The maximum absolute atomic E-state index is 13.9. The number of hydrogen-bond donors (Lipinski definition) is 3. The highest BCUT2D eigenvalue weighted by Crippen LogP contribution is 2.31. The van der Waals surface area contributed by atoms with Crippen LogP contribution in [-0.4, -0.2) is 94.4 Å². The molecule has 3 amide bonds. The van der Waals surface area contributed by atoms with Crippen LogP contribution in [0, 0.1) is 17.8 Å². The molecule has 1 aromatic rings. The van der Waals surface area contributed by atoms with Crippen LogP contribution in [0.15, 0.2) is 5.38 Å². The summed E-state index contributed by atoms with van der Waals surface area (Å²) in [6, 6.07) is -1.46. The van der Waals surface area contributed by atoms with E-state index >= 15 is 0 Å². The highest BCUT2D eigenvalue weighted by Gasteiger charge is 2.37. The van der Waals surface area contributed by atoms with Crippen molar-refractivity contribution in [3.05, 3.63) is 16.1 Å². The Bertz CT molecular complexity index is 1200. The van der Waals surface area contributed by atoms with Crippen LogP contribution < -0.4 is 10.6 Å². The SMILES string of the molecule is CC(=O)O[C@H](CC(C(C)C)N(C)C(=O)[C@@H](NC(=O)[C@H]1CCCCN1C)C(C)C)c1nc(C(=O)N[C@H]2CC[C@H](C(=O)O)CC2)cs1. The maximum Gasteiger partial charge on any atom is 0.306 e. The maximum atomic E-state index is 13.9. The van der Waals surface area contributed by atoms with Crippen molar-refractivity contribution >= 4 is 41.0 Å². The fourth-order valence-corrected chi connectivity index (χ4v) is 7.17. The lowest BCUT2D eigenvalue weighted by molar-refractivity contribution is -0.149. The Hall–Kier alpha value is -3.06. The number of esters is 1. The molecule has 1 saturated heterocycles. The van der Waals surface area contributed by atoms with Gasteiger partial charge in [-0.05, 0) is 64.0 Å². The number of carboxylic acids is 1. The number of thiazole rings is 1. The lowest BCUT2D eigenvalue weighted by atomic mass is 9.86. The standard InChI is InChI=1S/C32H51N5O7S/c1-18(2)25(37(7)31(41)27(19(3)4)35-29(40)24-10-8-9-15-36(24)6)16-26(44-20(5)38)30-34-23(17-45-30)28(39)33-22-13-11-21(12-14-22)32(42)43/h17-19,21-22,24-27H,8-16H2,1-7H3,(H,33,39)(H,35,40)(H,42,43)/t21-,22-,24-,25?,26-,27+/m1/s1. The van der Waals surface area contributed by atoms with E-state index in [0.29, 0.717) is 30.7 Å². The van der Waals surface area contributed by atoms with E-state index in [-0.39, 0.29) is 65.7 Å². The van der Waals surface area contributed by atoms with E-state index in [4.69, 9.17) is 4.74 Å². The van der Waals surface area contributed by atoms with Gasteiger partial charge in [0, 0.05) is 37.9 Å². The van der Waals surface area contributed by atoms with E-state index < -0.39 is 24.1 Å². The zero-order chi connectivity index (χ0) is 33.4. The Morgan fingerprint density at radius 1 is 1.07 bits per heavy atom. The first-order valence-corrected chi connectivity index (χ1v) is 17.0. The van der Waals surface area contributed by atoms with E-state index in [0.717, 1.165) is 25.8 Å². The summed E-state index contributed by atoms with van der Waals surface area (Å²) >= 11 is 1.21. The first kappa shape index (κ1) is 36.4. The lowest BCUT2D eigenvalue weighted by Gasteiger charge is -2.37. The Morgan fingerprint density at radius 2 is 1.73 bits per heavy atom. The molecule has 0 radical (unpaired) electrons. The first-order valence-electron chi connectivity index (χ1n) is 16.1. The number of nitrogens with zero attached hydrogens (tertiary/aromatic N) is 3. The molecule has 1 unspecified atom stereocenters. The summed E-state index contributed by atoms with van der Waals surface area (Å²) in [5, 5.41) is 17.3. The van der Waals surface area contributed by atoms with Gasteiger partial charge in [-0.25, -0.2) is 4.98 Å². The predicted octanol–water partition coefficient (Wildman–Crippen LogP) is 3.62. The average Bonchev–Trinajstić information content (AvgIpc) is 3.48. The molecule has 252 valence electrons. The highest BCUT2D eigenvalue weighted by molar-refractivity contribution is 7.09. The van der Waals surface area contributed by atoms with Crippen molar-refractivity contribution in [1.82, 2.24) is 25.4 Å². The number of likely N-dealkylation sites (tertiary alicyclic amines) is 1. The van der Waals surface area contributed by atoms with Crippen molar-refractivity contribution in [2.45, 2.75) is 116 Å². The van der Waals surface area contributed by atoms with E-state index in [1.807, 2.05) is 39.6 Å². The average molecular weight is 650 g/mol. The number of ether oxygens (including phenoxy) is 1. The number of nitrogens with one attached hydrogen (secondary N) is 2. The van der Waals surface area contributed by atoms with Gasteiger partial charge in [-0.2, -0.15) is 0 Å². The number of hydrogen-bond acceptors (Lipinski definition) is 9. The number of carboxylic acid groups (broad SMARTS) is 1. The molecule has 1 aliphatic heterocycles. The second-order valence-corrected chi connectivity index (χ2v) is 14.1. The van der Waals surface area contributed by atoms with Crippen molar-refractivity contribution in [1.29, 1.82) is 0 Å². The van der Waals surface area contributed by atoms with Crippen LogP contribution in [0.5, 0.6) is 0 Å². The normalized spacial score (nSPS) is 22.7. The molecule has 0 bridgehead atoms. The van der Waals surface area contributed by atoms with Crippen LogP contribution in [0.2, 0.25) is 0 Å². The zero-order valence-corrected chi connectivity index (χ0v) is 28.5. The van der Waals surface area contributed by atoms with Crippen LogP contribution in [-0.2, 0) is 23.9 Å². The van der Waals surface area contributed by atoms with E-state index in [2.05, 4.69) is 15.6 Å². The number of aliphatic carboxylic acids is 1. The molecule has 13 heteroatoms. The zero-order valence-electron chi connectivity index (χ0n) is 27.7. The number of carbonyl (C=O) groups excluding carboxylic acids is 4. The van der Waals surface area contributed by atoms with Crippen molar-refractivity contribution in [2.75, 3.05) is 20.6 Å². The number of amides is 3. The lowest BCUT2D eigenvalue weighted by Crippen LogP contribution is -2.57. The van der Waals surface area contributed by atoms with Gasteiger partial charge in [-0.15, -0.1) is 11.3 Å². The summed E-state index contributed by atoms with van der Waals surface area (Å²) < 4.78 is 5.70. The molecule has 0 spiro atoms. The summed E-state index contributed by atoms with van der Waals surface area (Å²) in [6.45, 7) is 9.95. The number of likely N-dealkylation sites (N-methyl/N-ethyl adjacent to an activating group) is 2. The molecule has 12 nitrogen and oxygen atoms in total. The third-order valence-corrected chi connectivity index (χ3v) is 10.1. The monoisotopic (exact) mass is 649 g/mol. The molecule has 3 N–H and O–H groups in total. The molecular weight excluding hydrogens is 598 g/mol. The van der Waals surface area contributed by atoms with Crippen molar-refractivity contribution in [3.63, 3.8) is 0 Å². The summed E-state index contributed by atoms with van der Waals surface area (Å²) in [7, 11) is 3.65. The minimum absolute atomic E-state index is 0.0198. The Morgan fingerprint density at radius 3 is 2.29 bits per heavy atom. The third-order valence-electron chi connectivity index (χ3n) is 9.12. The molecule has 1 aliphatic carbocycles. The van der Waals surface area contributed by atoms with Gasteiger partial charge < -0.3 is 25.4 Å². The van der Waals surface area contributed by atoms with Gasteiger partial charge >= 0.3 is 11.9 Å². The van der Waals surface area contributed by atoms with Gasteiger partial charge in [-0.3, -0.25) is 28.9 Å². The van der Waals surface area contributed by atoms with Crippen molar-refractivity contribution in [3.8, 4) is 0 Å². The van der Waals surface area contributed by atoms with Gasteiger partial charge in [0.05, 0.1) is 12.0 Å². The van der Waals surface area contributed by atoms with Crippen molar-refractivity contribution in [2.24, 2.45) is 17.8 Å². The summed E-state index contributed by atoms with van der Waals surface area (Å²) in [4.78, 5) is 71.7. The molecule has 1 aromatic heterocycles. The largest absolute Gasteiger partial charge is 0.481 e. The molecule has 2 heterocycles.